The smallest absolute Gasteiger partial charge is 0.339 e. The molecule has 3 aromatic carbocycles. The lowest BCUT2D eigenvalue weighted by molar-refractivity contribution is 0.0373. The highest BCUT2D eigenvalue weighted by Gasteiger charge is 2.26. The lowest BCUT2D eigenvalue weighted by Gasteiger charge is -2.21. The molecule has 1 aliphatic heterocycles. The standard InChI is InChI=1S/C28H25NO4/c1-28(2,3)21-11-8-19(9-12-21)27(30)33-26(20-10-13-23-24(16-20)32-17-31-23)25-22-7-5-4-6-18(22)14-15-29-25/h4-16,26H,17H2,1-3H3/t26-/m0/s1. The van der Waals surface area contributed by atoms with Gasteiger partial charge in [0, 0.05) is 17.1 Å². The summed E-state index contributed by atoms with van der Waals surface area (Å²) in [6.45, 7) is 6.60. The molecule has 33 heavy (non-hydrogen) atoms. The Morgan fingerprint density at radius 2 is 1.70 bits per heavy atom. The lowest BCUT2D eigenvalue weighted by atomic mass is 9.87. The molecule has 0 saturated carbocycles. The highest BCUT2D eigenvalue weighted by Crippen LogP contribution is 2.38. The van der Waals surface area contributed by atoms with Crippen LogP contribution in [0.15, 0.2) is 79.0 Å². The van der Waals surface area contributed by atoms with Crippen LogP contribution in [0.25, 0.3) is 10.8 Å². The van der Waals surface area contributed by atoms with Gasteiger partial charge in [-0.05, 0) is 46.7 Å². The zero-order chi connectivity index (χ0) is 23.0. The summed E-state index contributed by atoms with van der Waals surface area (Å²) in [5, 5.41) is 1.96. The minimum Gasteiger partial charge on any atom is -0.454 e. The van der Waals surface area contributed by atoms with E-state index in [1.807, 2.05) is 72.8 Å². The van der Waals surface area contributed by atoms with E-state index in [9.17, 15) is 4.79 Å². The van der Waals surface area contributed by atoms with Crippen molar-refractivity contribution in [3.8, 4) is 11.5 Å². The number of aromatic nitrogens is 1. The highest BCUT2D eigenvalue weighted by molar-refractivity contribution is 5.90. The average molecular weight is 440 g/mol. The maximum atomic E-state index is 13.2. The molecule has 2 heterocycles. The molecule has 0 unspecified atom stereocenters. The summed E-state index contributed by atoms with van der Waals surface area (Å²) >= 11 is 0. The number of fused-ring (bicyclic) bond motifs is 2. The summed E-state index contributed by atoms with van der Waals surface area (Å²) in [6.07, 6.45) is 1.03. The quantitative estimate of drug-likeness (QED) is 0.354. The van der Waals surface area contributed by atoms with Gasteiger partial charge in [0.1, 0.15) is 0 Å². The van der Waals surface area contributed by atoms with Crippen LogP contribution in [0.1, 0.15) is 54.1 Å². The van der Waals surface area contributed by atoms with Crippen molar-refractivity contribution in [1.82, 2.24) is 4.98 Å². The summed E-state index contributed by atoms with van der Waals surface area (Å²) < 4.78 is 17.1. The number of hydrogen-bond acceptors (Lipinski definition) is 5. The van der Waals surface area contributed by atoms with E-state index in [4.69, 9.17) is 14.2 Å². The van der Waals surface area contributed by atoms with Crippen LogP contribution >= 0.6 is 0 Å². The SMILES string of the molecule is CC(C)(C)c1ccc(C(=O)O[C@@H](c2ccc3c(c2)OCO3)c2nccc3ccccc23)cc1. The van der Waals surface area contributed by atoms with Crippen LogP contribution in [0.5, 0.6) is 11.5 Å². The Hall–Kier alpha value is -3.86. The zero-order valence-electron chi connectivity index (χ0n) is 18.9. The van der Waals surface area contributed by atoms with Gasteiger partial charge in [-0.25, -0.2) is 4.79 Å². The van der Waals surface area contributed by atoms with E-state index in [1.54, 1.807) is 6.20 Å². The third-order valence-corrected chi connectivity index (χ3v) is 5.86. The first kappa shape index (κ1) is 21.0. The van der Waals surface area contributed by atoms with E-state index in [0.717, 1.165) is 21.9 Å². The van der Waals surface area contributed by atoms with Crippen molar-refractivity contribution in [2.45, 2.75) is 32.3 Å². The number of esters is 1. The van der Waals surface area contributed by atoms with Gasteiger partial charge >= 0.3 is 5.97 Å². The molecule has 0 bridgehead atoms. The fourth-order valence-electron chi connectivity index (χ4n) is 3.99. The third-order valence-electron chi connectivity index (χ3n) is 5.86. The molecular weight excluding hydrogens is 414 g/mol. The highest BCUT2D eigenvalue weighted by atomic mass is 16.7. The van der Waals surface area contributed by atoms with Crippen LogP contribution in [-0.4, -0.2) is 17.7 Å². The molecule has 166 valence electrons. The number of ether oxygens (including phenoxy) is 3. The summed E-state index contributed by atoms with van der Waals surface area (Å²) in [5.74, 6) is 0.892. The van der Waals surface area contributed by atoms with Gasteiger partial charge in [-0.3, -0.25) is 4.98 Å². The van der Waals surface area contributed by atoms with Crippen molar-refractivity contribution in [3.05, 3.63) is 101 Å². The predicted molar refractivity (Wildman–Crippen MR) is 127 cm³/mol. The minimum atomic E-state index is -0.708. The molecule has 0 saturated heterocycles. The first-order chi connectivity index (χ1) is 15.9. The Balaban J connectivity index is 1.55. The van der Waals surface area contributed by atoms with Crippen LogP contribution in [0, 0.1) is 0 Å². The molecule has 5 heteroatoms. The summed E-state index contributed by atoms with van der Waals surface area (Å²) in [5.41, 5.74) is 3.09. The van der Waals surface area contributed by atoms with Gasteiger partial charge in [-0.1, -0.05) is 63.2 Å². The molecule has 0 aliphatic carbocycles. The van der Waals surface area contributed by atoms with Crippen molar-refractivity contribution >= 4 is 16.7 Å². The molecule has 0 N–H and O–H groups in total. The van der Waals surface area contributed by atoms with Crippen LogP contribution in [0.4, 0.5) is 0 Å². The Morgan fingerprint density at radius 3 is 2.48 bits per heavy atom. The van der Waals surface area contributed by atoms with E-state index in [2.05, 4.69) is 25.8 Å². The molecule has 0 radical (unpaired) electrons. The normalized spacial score (nSPS) is 13.7. The summed E-state index contributed by atoms with van der Waals surface area (Å²) in [4.78, 5) is 17.8. The first-order valence-electron chi connectivity index (χ1n) is 10.9. The van der Waals surface area contributed by atoms with Gasteiger partial charge in [0.15, 0.2) is 17.6 Å². The molecule has 1 aliphatic rings. The van der Waals surface area contributed by atoms with Crippen molar-refractivity contribution in [2.75, 3.05) is 6.79 Å². The van der Waals surface area contributed by atoms with Crippen molar-refractivity contribution in [2.24, 2.45) is 0 Å². The monoisotopic (exact) mass is 439 g/mol. The molecule has 4 aromatic rings. The third kappa shape index (κ3) is 4.14. The number of carbonyl (C=O) groups excluding carboxylic acids is 1. The largest absolute Gasteiger partial charge is 0.454 e. The zero-order valence-corrected chi connectivity index (χ0v) is 18.9. The van der Waals surface area contributed by atoms with E-state index in [-0.39, 0.29) is 12.2 Å². The average Bonchev–Trinajstić information content (AvgIpc) is 3.30. The Labute approximate surface area is 192 Å². The van der Waals surface area contributed by atoms with Gasteiger partial charge in [0.25, 0.3) is 0 Å². The lowest BCUT2D eigenvalue weighted by Crippen LogP contribution is -2.15. The van der Waals surface area contributed by atoms with Crippen LogP contribution in [0.3, 0.4) is 0 Å². The fraction of sp³-hybridized carbons (Fsp3) is 0.214. The molecule has 5 rings (SSSR count). The van der Waals surface area contributed by atoms with Crippen molar-refractivity contribution < 1.29 is 19.0 Å². The second-order valence-corrected chi connectivity index (χ2v) is 9.14. The van der Waals surface area contributed by atoms with Crippen LogP contribution < -0.4 is 9.47 Å². The second kappa shape index (κ2) is 8.24. The van der Waals surface area contributed by atoms with E-state index in [1.165, 1.54) is 0 Å². The van der Waals surface area contributed by atoms with Crippen LogP contribution in [0.2, 0.25) is 0 Å². The predicted octanol–water partition coefficient (Wildman–Crippen LogP) is 6.21. The molecule has 0 amide bonds. The van der Waals surface area contributed by atoms with Gasteiger partial charge in [0.05, 0.1) is 11.3 Å². The maximum absolute atomic E-state index is 13.2. The molecule has 5 nitrogen and oxygen atoms in total. The molecular formula is C28H25NO4. The fourth-order valence-corrected chi connectivity index (χ4v) is 3.99. The summed E-state index contributed by atoms with van der Waals surface area (Å²) in [6, 6.07) is 23.0. The Kier molecular flexibility index (Phi) is 5.25. The number of nitrogens with zero attached hydrogens (tertiary/aromatic N) is 1. The second-order valence-electron chi connectivity index (χ2n) is 9.14. The van der Waals surface area contributed by atoms with Crippen LogP contribution in [-0.2, 0) is 10.2 Å². The van der Waals surface area contributed by atoms with E-state index >= 15 is 0 Å². The van der Waals surface area contributed by atoms with E-state index < -0.39 is 12.1 Å². The van der Waals surface area contributed by atoms with Gasteiger partial charge < -0.3 is 14.2 Å². The van der Waals surface area contributed by atoms with Gasteiger partial charge in [0.2, 0.25) is 6.79 Å². The van der Waals surface area contributed by atoms with Crippen molar-refractivity contribution in [1.29, 1.82) is 0 Å². The summed E-state index contributed by atoms with van der Waals surface area (Å²) in [7, 11) is 0. The number of pyridine rings is 1. The van der Waals surface area contributed by atoms with Crippen molar-refractivity contribution in [3.63, 3.8) is 0 Å². The minimum absolute atomic E-state index is 0.00430. The Bertz CT molecular complexity index is 1320. The molecule has 0 spiro atoms. The number of rotatable bonds is 4. The molecule has 1 atom stereocenters. The van der Waals surface area contributed by atoms with E-state index in [0.29, 0.717) is 22.8 Å². The topological polar surface area (TPSA) is 57.7 Å². The Morgan fingerprint density at radius 1 is 0.939 bits per heavy atom. The first-order valence-corrected chi connectivity index (χ1v) is 10.9. The number of benzene rings is 3. The number of hydrogen-bond donors (Lipinski definition) is 0. The number of carbonyl (C=O) groups is 1. The van der Waals surface area contributed by atoms with Gasteiger partial charge in [-0.15, -0.1) is 0 Å². The molecule has 0 fully saturated rings. The molecule has 1 aromatic heterocycles. The van der Waals surface area contributed by atoms with Gasteiger partial charge in [-0.2, -0.15) is 0 Å². The maximum Gasteiger partial charge on any atom is 0.339 e.